The number of rotatable bonds is 5. The van der Waals surface area contributed by atoms with Crippen molar-refractivity contribution >= 4 is 28.1 Å². The third-order valence-electron chi connectivity index (χ3n) is 2.88. The molecule has 3 rings (SSSR count). The molecule has 8 heteroatoms. The quantitative estimate of drug-likeness (QED) is 0.745. The third kappa shape index (κ3) is 2.42. The smallest absolute Gasteiger partial charge is 0.254 e. The minimum absolute atomic E-state index is 0.612. The van der Waals surface area contributed by atoms with Gasteiger partial charge in [0, 0.05) is 24.2 Å². The van der Waals surface area contributed by atoms with Crippen LogP contribution in [0.4, 0.5) is 10.9 Å². The molecule has 3 aromatic heterocycles. The summed E-state index contributed by atoms with van der Waals surface area (Å²) in [7, 11) is 1.87. The Balaban J connectivity index is 1.84. The molecule has 0 saturated heterocycles. The maximum atomic E-state index is 4.44. The highest BCUT2D eigenvalue weighted by atomic mass is 32.1. The number of nitrogens with one attached hydrogen (secondary N) is 2. The zero-order valence-corrected chi connectivity index (χ0v) is 12.1. The van der Waals surface area contributed by atoms with Gasteiger partial charge in [-0.2, -0.15) is 14.6 Å². The topological polar surface area (TPSA) is 80.0 Å². The molecule has 0 spiro atoms. The van der Waals surface area contributed by atoms with Gasteiger partial charge in [0.25, 0.3) is 5.78 Å². The van der Waals surface area contributed by atoms with E-state index in [2.05, 4.69) is 37.6 Å². The van der Waals surface area contributed by atoms with Crippen molar-refractivity contribution in [1.82, 2.24) is 24.6 Å². The van der Waals surface area contributed by atoms with Crippen molar-refractivity contribution in [2.45, 2.75) is 19.9 Å². The van der Waals surface area contributed by atoms with Crippen LogP contribution in [0, 0.1) is 0 Å². The summed E-state index contributed by atoms with van der Waals surface area (Å²) in [5.74, 6) is 1.49. The highest BCUT2D eigenvalue weighted by molar-refractivity contribution is 7.13. The van der Waals surface area contributed by atoms with Gasteiger partial charge >= 0.3 is 0 Å². The second-order valence-electron chi connectivity index (χ2n) is 4.21. The Labute approximate surface area is 120 Å². The summed E-state index contributed by atoms with van der Waals surface area (Å²) in [5, 5.41) is 13.5. The molecule has 0 aliphatic carbocycles. The van der Waals surface area contributed by atoms with E-state index in [-0.39, 0.29) is 0 Å². The minimum atomic E-state index is 0.612. The largest absolute Gasteiger partial charge is 0.365 e. The fraction of sp³-hybridized carbons (Fsp3) is 0.333. The van der Waals surface area contributed by atoms with Crippen LogP contribution in [0.5, 0.6) is 0 Å². The van der Waals surface area contributed by atoms with Gasteiger partial charge in [-0.05, 0) is 6.42 Å². The number of hydrogen-bond donors (Lipinski definition) is 2. The van der Waals surface area contributed by atoms with Crippen molar-refractivity contribution < 1.29 is 0 Å². The molecule has 0 atom stereocenters. The molecule has 0 saturated carbocycles. The van der Waals surface area contributed by atoms with Crippen LogP contribution in [0.1, 0.15) is 18.3 Å². The van der Waals surface area contributed by atoms with Crippen molar-refractivity contribution in [3.05, 3.63) is 29.2 Å². The highest BCUT2D eigenvalue weighted by Gasteiger charge is 2.07. The number of hydrogen-bond acceptors (Lipinski definition) is 7. The lowest BCUT2D eigenvalue weighted by molar-refractivity contribution is 0.897. The van der Waals surface area contributed by atoms with E-state index in [4.69, 9.17) is 0 Å². The predicted molar refractivity (Wildman–Crippen MR) is 79.1 cm³/mol. The van der Waals surface area contributed by atoms with Gasteiger partial charge in [-0.3, -0.25) is 0 Å². The molecule has 0 aromatic carbocycles. The van der Waals surface area contributed by atoms with Gasteiger partial charge in [0.1, 0.15) is 12.1 Å². The Morgan fingerprint density at radius 1 is 1.30 bits per heavy atom. The summed E-state index contributed by atoms with van der Waals surface area (Å²) in [4.78, 5) is 13.0. The molecular formula is C12H15N7S. The lowest BCUT2D eigenvalue weighted by Gasteiger charge is -2.07. The molecule has 0 aliphatic heterocycles. The first kappa shape index (κ1) is 12.8. The summed E-state index contributed by atoms with van der Waals surface area (Å²) >= 11 is 1.59. The van der Waals surface area contributed by atoms with Crippen LogP contribution < -0.4 is 10.6 Å². The zero-order chi connectivity index (χ0) is 13.9. The molecule has 20 heavy (non-hydrogen) atoms. The van der Waals surface area contributed by atoms with Crippen molar-refractivity contribution in [3.63, 3.8) is 0 Å². The van der Waals surface area contributed by atoms with E-state index < -0.39 is 0 Å². The van der Waals surface area contributed by atoms with Crippen LogP contribution in [-0.2, 0) is 13.0 Å². The molecule has 3 aromatic rings. The van der Waals surface area contributed by atoms with Gasteiger partial charge in [0.2, 0.25) is 0 Å². The van der Waals surface area contributed by atoms with Crippen LogP contribution in [0.15, 0.2) is 17.8 Å². The Morgan fingerprint density at radius 2 is 2.20 bits per heavy atom. The first-order valence-corrected chi connectivity index (χ1v) is 7.23. The Hall–Kier alpha value is -2.22. The van der Waals surface area contributed by atoms with E-state index in [1.54, 1.807) is 15.9 Å². The van der Waals surface area contributed by atoms with Gasteiger partial charge in [0.05, 0.1) is 12.2 Å². The molecule has 104 valence electrons. The van der Waals surface area contributed by atoms with Crippen LogP contribution in [0.3, 0.4) is 0 Å². The lowest BCUT2D eigenvalue weighted by Crippen LogP contribution is -2.08. The summed E-state index contributed by atoms with van der Waals surface area (Å²) in [5.41, 5.74) is 1.98. The molecule has 3 heterocycles. The predicted octanol–water partition coefficient (Wildman–Crippen LogP) is 1.80. The third-order valence-corrected chi connectivity index (χ3v) is 3.79. The van der Waals surface area contributed by atoms with Crippen LogP contribution in [0.2, 0.25) is 0 Å². The van der Waals surface area contributed by atoms with E-state index >= 15 is 0 Å². The molecule has 0 bridgehead atoms. The first-order chi connectivity index (χ1) is 9.80. The summed E-state index contributed by atoms with van der Waals surface area (Å²) in [6, 6.07) is 1.99. The normalized spacial score (nSPS) is 10.9. The number of anilines is 2. The number of fused-ring (bicyclic) bond motifs is 1. The standard InChI is InChI=1S/C12H15N7S/c1-3-8-4-10(19-11(17-8)15-7-16-19)14-5-9-6-20-12(13-2)18-9/h4,6-7,14H,3,5H2,1-2H3,(H,13,18). The monoisotopic (exact) mass is 289 g/mol. The molecule has 2 N–H and O–H groups in total. The average Bonchev–Trinajstić information content (AvgIpc) is 3.12. The fourth-order valence-electron chi connectivity index (χ4n) is 1.85. The molecule has 0 unspecified atom stereocenters. The maximum absolute atomic E-state index is 4.44. The molecule has 0 amide bonds. The van der Waals surface area contributed by atoms with Crippen molar-refractivity contribution in [1.29, 1.82) is 0 Å². The number of nitrogens with zero attached hydrogens (tertiary/aromatic N) is 5. The second-order valence-corrected chi connectivity index (χ2v) is 5.06. The zero-order valence-electron chi connectivity index (χ0n) is 11.3. The molecule has 0 aliphatic rings. The van der Waals surface area contributed by atoms with E-state index in [0.29, 0.717) is 12.3 Å². The Bertz CT molecular complexity index is 717. The second kappa shape index (κ2) is 5.41. The Morgan fingerprint density at radius 3 is 2.95 bits per heavy atom. The molecule has 7 nitrogen and oxygen atoms in total. The fourth-order valence-corrected chi connectivity index (χ4v) is 2.52. The maximum Gasteiger partial charge on any atom is 0.254 e. The van der Waals surface area contributed by atoms with Gasteiger partial charge in [-0.25, -0.2) is 9.97 Å². The lowest BCUT2D eigenvalue weighted by atomic mass is 10.3. The summed E-state index contributed by atoms with van der Waals surface area (Å²) in [6.45, 7) is 2.71. The number of aromatic nitrogens is 5. The first-order valence-electron chi connectivity index (χ1n) is 6.36. The van der Waals surface area contributed by atoms with Crippen molar-refractivity contribution in [2.75, 3.05) is 17.7 Å². The molecule has 0 fully saturated rings. The highest BCUT2D eigenvalue weighted by Crippen LogP contribution is 2.16. The minimum Gasteiger partial charge on any atom is -0.365 e. The molecule has 0 radical (unpaired) electrons. The van der Waals surface area contributed by atoms with Gasteiger partial charge in [0.15, 0.2) is 5.13 Å². The Kier molecular flexibility index (Phi) is 3.46. The van der Waals surface area contributed by atoms with Crippen LogP contribution in [-0.4, -0.2) is 31.6 Å². The number of thiazole rings is 1. The van der Waals surface area contributed by atoms with E-state index in [1.165, 1.54) is 6.33 Å². The van der Waals surface area contributed by atoms with Crippen LogP contribution >= 0.6 is 11.3 Å². The van der Waals surface area contributed by atoms with Gasteiger partial charge < -0.3 is 10.6 Å². The SMILES string of the molecule is CCc1cc(NCc2csc(NC)n2)n2ncnc2n1. The van der Waals surface area contributed by atoms with Crippen LogP contribution in [0.25, 0.3) is 5.78 Å². The van der Waals surface area contributed by atoms with Gasteiger partial charge in [-0.1, -0.05) is 6.92 Å². The molecular weight excluding hydrogens is 274 g/mol. The van der Waals surface area contributed by atoms with Crippen molar-refractivity contribution in [2.24, 2.45) is 0 Å². The van der Waals surface area contributed by atoms with Gasteiger partial charge in [-0.15, -0.1) is 11.3 Å². The number of aryl methyl sites for hydroxylation is 1. The van der Waals surface area contributed by atoms with Crippen molar-refractivity contribution in [3.8, 4) is 0 Å². The van der Waals surface area contributed by atoms with E-state index in [0.717, 1.165) is 28.8 Å². The van der Waals surface area contributed by atoms with E-state index in [1.807, 2.05) is 18.5 Å². The van der Waals surface area contributed by atoms with E-state index in [9.17, 15) is 0 Å². The summed E-state index contributed by atoms with van der Waals surface area (Å²) < 4.78 is 1.70. The summed E-state index contributed by atoms with van der Waals surface area (Å²) in [6.07, 6.45) is 2.37. The average molecular weight is 289 g/mol.